The number of rotatable bonds is 11. The summed E-state index contributed by atoms with van der Waals surface area (Å²) in [5.74, 6) is -2.07. The molecule has 0 aromatic heterocycles. The Hall–Kier alpha value is -4.16. The van der Waals surface area contributed by atoms with Crippen LogP contribution in [-0.2, 0) is 31.9 Å². The second-order valence-corrected chi connectivity index (χ2v) is 7.11. The Labute approximate surface area is 193 Å². The van der Waals surface area contributed by atoms with Gasteiger partial charge in [-0.3, -0.25) is 0 Å². The summed E-state index contributed by atoms with van der Waals surface area (Å²) in [5.41, 5.74) is 0.334. The number of aliphatic hydroxyl groups is 2. The monoisotopic (exact) mass is 476 g/mol. The van der Waals surface area contributed by atoms with Crippen molar-refractivity contribution in [2.24, 2.45) is 10.3 Å². The van der Waals surface area contributed by atoms with Crippen LogP contribution in [0.15, 0.2) is 58.8 Å². The van der Waals surface area contributed by atoms with E-state index in [4.69, 9.17) is 19.9 Å². The lowest BCUT2D eigenvalue weighted by atomic mass is 10.1. The second kappa shape index (κ2) is 12.8. The maximum atomic E-state index is 12.1. The van der Waals surface area contributed by atoms with Crippen molar-refractivity contribution in [2.45, 2.75) is 25.0 Å². The third-order valence-electron chi connectivity index (χ3n) is 4.54. The first-order valence-electron chi connectivity index (χ1n) is 9.91. The normalized spacial score (nSPS) is 13.7. The van der Waals surface area contributed by atoms with E-state index < -0.39 is 37.4 Å². The van der Waals surface area contributed by atoms with Gasteiger partial charge >= 0.3 is 11.9 Å². The molecular formula is C22H24N2O10. The van der Waals surface area contributed by atoms with Crippen LogP contribution in [0.25, 0.3) is 0 Å². The molecule has 2 rings (SSSR count). The number of carbonyl (C=O) groups is 2. The Morgan fingerprint density at radius 2 is 1.00 bits per heavy atom. The van der Waals surface area contributed by atoms with Crippen molar-refractivity contribution >= 4 is 23.4 Å². The number of aromatic hydroxyl groups is 2. The average molecular weight is 476 g/mol. The summed E-state index contributed by atoms with van der Waals surface area (Å²) in [6.45, 7) is -1.39. The highest BCUT2D eigenvalue weighted by Gasteiger charge is 2.24. The molecule has 0 spiro atoms. The molecule has 0 bridgehead atoms. The number of hydrogen-bond acceptors (Lipinski definition) is 12. The van der Waals surface area contributed by atoms with Gasteiger partial charge in [-0.2, -0.15) is 0 Å². The maximum Gasteiger partial charge on any atom is 0.356 e. The van der Waals surface area contributed by atoms with E-state index in [0.717, 1.165) is 0 Å². The van der Waals surface area contributed by atoms with Crippen LogP contribution in [0.3, 0.4) is 0 Å². The lowest BCUT2D eigenvalue weighted by Gasteiger charge is -2.18. The molecule has 0 radical (unpaired) electrons. The third-order valence-corrected chi connectivity index (χ3v) is 4.54. The highest BCUT2D eigenvalue weighted by atomic mass is 16.6. The first-order valence-corrected chi connectivity index (χ1v) is 9.91. The number of esters is 2. The molecule has 0 unspecified atom stereocenters. The summed E-state index contributed by atoms with van der Waals surface area (Å²) in [7, 11) is 0. The van der Waals surface area contributed by atoms with Gasteiger partial charge in [0.1, 0.15) is 36.9 Å². The molecule has 6 N–H and O–H groups in total. The fourth-order valence-electron chi connectivity index (χ4n) is 2.62. The quantitative estimate of drug-likeness (QED) is 0.114. The van der Waals surface area contributed by atoms with Crippen molar-refractivity contribution in [2.75, 3.05) is 13.2 Å². The number of phenolic OH excluding ortho intramolecular Hbond substituents is 2. The molecule has 0 saturated carbocycles. The lowest BCUT2D eigenvalue weighted by Crippen LogP contribution is -2.37. The minimum absolute atomic E-state index is 0.0179. The highest BCUT2D eigenvalue weighted by molar-refractivity contribution is 6.37. The summed E-state index contributed by atoms with van der Waals surface area (Å²) in [6, 6.07) is 11.6. The number of aliphatic hydroxyl groups excluding tert-OH is 2. The predicted octanol–water partition coefficient (Wildman–Crippen LogP) is 0.352. The van der Waals surface area contributed by atoms with Gasteiger partial charge in [-0.05, 0) is 35.4 Å². The van der Waals surface area contributed by atoms with Crippen molar-refractivity contribution in [3.05, 3.63) is 59.7 Å². The van der Waals surface area contributed by atoms with E-state index in [1.807, 2.05) is 0 Å². The Bertz CT molecular complexity index is 935. The number of benzene rings is 2. The maximum absolute atomic E-state index is 12.1. The van der Waals surface area contributed by atoms with Crippen LogP contribution in [0, 0.1) is 0 Å². The Morgan fingerprint density at radius 3 is 1.29 bits per heavy atom. The van der Waals surface area contributed by atoms with Gasteiger partial charge < -0.3 is 40.3 Å². The fourth-order valence-corrected chi connectivity index (χ4v) is 2.62. The van der Waals surface area contributed by atoms with Gasteiger partial charge in [-0.15, -0.1) is 0 Å². The van der Waals surface area contributed by atoms with Crippen LogP contribution in [0.2, 0.25) is 0 Å². The molecule has 0 saturated heterocycles. The molecule has 12 nitrogen and oxygen atoms in total. The fraction of sp³-hybridized carbons (Fsp3) is 0.273. The van der Waals surface area contributed by atoms with E-state index in [1.54, 1.807) is 0 Å². The molecule has 0 amide bonds. The summed E-state index contributed by atoms with van der Waals surface area (Å²) >= 11 is 0. The number of hydrogen-bond donors (Lipinski definition) is 6. The molecule has 2 aromatic rings. The molecule has 2 atom stereocenters. The van der Waals surface area contributed by atoms with Crippen LogP contribution in [-0.4, -0.2) is 79.6 Å². The smallest absolute Gasteiger partial charge is 0.356 e. The van der Waals surface area contributed by atoms with E-state index in [1.165, 1.54) is 48.5 Å². The highest BCUT2D eigenvalue weighted by Crippen LogP contribution is 2.12. The molecular weight excluding hydrogens is 452 g/mol. The third kappa shape index (κ3) is 8.07. The number of nitrogens with zero attached hydrogens (tertiary/aromatic N) is 2. The van der Waals surface area contributed by atoms with E-state index in [9.17, 15) is 30.0 Å². The average Bonchev–Trinajstić information content (AvgIpc) is 2.84. The van der Waals surface area contributed by atoms with Crippen LogP contribution < -0.4 is 0 Å². The minimum Gasteiger partial charge on any atom is -0.508 e. The van der Waals surface area contributed by atoms with Crippen LogP contribution >= 0.6 is 0 Å². The van der Waals surface area contributed by atoms with Gasteiger partial charge in [0, 0.05) is 12.8 Å². The standard InChI is InChI=1S/C22H24N2O10/c25-15-5-1-13(2-6-15)9-17(23-31)21(29)33-11-19(27)20(28)12-34-22(30)18(24-32)10-14-3-7-16(26)8-4-14/h1-8,19-20,25-28,31-32H,9-12H2/b23-17-,24-18-/t19-,20+. The zero-order valence-corrected chi connectivity index (χ0v) is 17.8. The largest absolute Gasteiger partial charge is 0.508 e. The van der Waals surface area contributed by atoms with Gasteiger partial charge in [-0.25, -0.2) is 9.59 Å². The summed E-state index contributed by atoms with van der Waals surface area (Å²) in [6.07, 6.45) is -3.51. The molecule has 2 aromatic carbocycles. The second-order valence-electron chi connectivity index (χ2n) is 7.11. The number of phenols is 2. The predicted molar refractivity (Wildman–Crippen MR) is 116 cm³/mol. The lowest BCUT2D eigenvalue weighted by molar-refractivity contribution is -0.148. The SMILES string of the molecule is O=C(OC[C@@H](O)[C@@H](O)COC(=O)/C(Cc1ccc(O)cc1)=N\O)/C(Cc1ccc(O)cc1)=N\O. The van der Waals surface area contributed by atoms with Crippen molar-refractivity contribution in [3.8, 4) is 11.5 Å². The van der Waals surface area contributed by atoms with Crippen molar-refractivity contribution < 1.29 is 49.9 Å². The number of oxime groups is 2. The molecule has 0 aliphatic rings. The van der Waals surface area contributed by atoms with Crippen molar-refractivity contribution in [1.82, 2.24) is 0 Å². The minimum atomic E-state index is -1.64. The van der Waals surface area contributed by atoms with Gasteiger partial charge in [-0.1, -0.05) is 34.6 Å². The number of carbonyl (C=O) groups excluding carboxylic acids is 2. The Kier molecular flexibility index (Phi) is 9.80. The van der Waals surface area contributed by atoms with E-state index in [-0.39, 0.29) is 35.8 Å². The van der Waals surface area contributed by atoms with Gasteiger partial charge in [0.05, 0.1) is 0 Å². The van der Waals surface area contributed by atoms with Crippen molar-refractivity contribution in [1.29, 1.82) is 0 Å². The van der Waals surface area contributed by atoms with Crippen LogP contribution in [0.1, 0.15) is 11.1 Å². The van der Waals surface area contributed by atoms with E-state index in [2.05, 4.69) is 10.3 Å². The van der Waals surface area contributed by atoms with Gasteiger partial charge in [0.15, 0.2) is 11.4 Å². The van der Waals surface area contributed by atoms with Crippen LogP contribution in [0.4, 0.5) is 0 Å². The van der Waals surface area contributed by atoms with Gasteiger partial charge in [0.25, 0.3) is 0 Å². The molecule has 0 heterocycles. The topological polar surface area (TPSA) is 199 Å². The molecule has 0 aliphatic heterocycles. The zero-order valence-electron chi connectivity index (χ0n) is 17.8. The molecule has 34 heavy (non-hydrogen) atoms. The first-order chi connectivity index (χ1) is 16.2. The summed E-state index contributed by atoms with van der Waals surface area (Å²) in [4.78, 5) is 24.1. The van der Waals surface area contributed by atoms with Gasteiger partial charge in [0.2, 0.25) is 0 Å². The number of ether oxygens (including phenoxy) is 2. The molecule has 182 valence electrons. The van der Waals surface area contributed by atoms with Crippen LogP contribution in [0.5, 0.6) is 11.5 Å². The molecule has 0 fully saturated rings. The van der Waals surface area contributed by atoms with E-state index in [0.29, 0.717) is 11.1 Å². The Balaban J connectivity index is 1.80. The van der Waals surface area contributed by atoms with E-state index >= 15 is 0 Å². The zero-order chi connectivity index (χ0) is 25.1. The molecule has 12 heteroatoms. The molecule has 0 aliphatic carbocycles. The summed E-state index contributed by atoms with van der Waals surface area (Å²) < 4.78 is 9.65. The first kappa shape index (κ1) is 26.1. The Morgan fingerprint density at radius 1 is 0.676 bits per heavy atom. The van der Waals surface area contributed by atoms with Crippen molar-refractivity contribution in [3.63, 3.8) is 0 Å². The summed E-state index contributed by atoms with van der Waals surface area (Å²) in [5, 5.41) is 62.3.